The summed E-state index contributed by atoms with van der Waals surface area (Å²) in [7, 11) is -0.831. The van der Waals surface area contributed by atoms with E-state index in [0.29, 0.717) is 30.4 Å². The Hall–Kier alpha value is -3.19. The first-order valence-corrected chi connectivity index (χ1v) is 18.4. The maximum Gasteiger partial charge on any atom is 0.343 e. The van der Waals surface area contributed by atoms with E-state index < -0.39 is 14.8 Å². The maximum absolute atomic E-state index is 12.8. The van der Waals surface area contributed by atoms with Gasteiger partial charge in [0.2, 0.25) is 5.88 Å². The van der Waals surface area contributed by atoms with Crippen molar-refractivity contribution in [1.82, 2.24) is 9.97 Å². The van der Waals surface area contributed by atoms with Crippen LogP contribution in [0.25, 0.3) is 11.4 Å². The quantitative estimate of drug-likeness (QED) is 0.0604. The Kier molecular flexibility index (Phi) is 14.6. The van der Waals surface area contributed by atoms with Gasteiger partial charge in [-0.2, -0.15) is 4.98 Å². The van der Waals surface area contributed by atoms with Crippen molar-refractivity contribution in [3.8, 4) is 28.8 Å². The lowest BCUT2D eigenvalue weighted by molar-refractivity contribution is 0.0734. The fraction of sp³-hybridized carbons (Fsp3) is 0.514. The van der Waals surface area contributed by atoms with Crippen molar-refractivity contribution in [3.63, 3.8) is 0 Å². The highest BCUT2D eigenvalue weighted by Gasteiger charge is 2.19. The molecule has 0 aliphatic rings. The average molecular weight is 590 g/mol. The molecule has 0 spiro atoms. The van der Waals surface area contributed by atoms with Crippen LogP contribution < -0.4 is 19.5 Å². The lowest BCUT2D eigenvalue weighted by Gasteiger charge is -2.17. The van der Waals surface area contributed by atoms with Gasteiger partial charge in [-0.3, -0.25) is 0 Å². The monoisotopic (exact) mass is 589 g/mol. The number of ether oxygens (including phenoxy) is 3. The number of aromatic nitrogens is 2. The van der Waals surface area contributed by atoms with Crippen LogP contribution in [0.15, 0.2) is 48.5 Å². The van der Waals surface area contributed by atoms with E-state index in [1.807, 2.05) is 24.3 Å². The van der Waals surface area contributed by atoms with Crippen LogP contribution in [0.3, 0.4) is 0 Å². The van der Waals surface area contributed by atoms with Crippen LogP contribution in [-0.2, 0) is 6.42 Å². The van der Waals surface area contributed by atoms with Crippen molar-refractivity contribution in [2.75, 3.05) is 13.2 Å². The van der Waals surface area contributed by atoms with Gasteiger partial charge in [0.1, 0.15) is 20.3 Å². The van der Waals surface area contributed by atoms with Gasteiger partial charge in [-0.15, -0.1) is 0 Å². The molecule has 7 heteroatoms. The second-order valence-corrected chi connectivity index (χ2v) is 13.5. The minimum absolute atomic E-state index is 0.403. The van der Waals surface area contributed by atoms with Crippen molar-refractivity contribution in [2.24, 2.45) is 0 Å². The normalized spacial score (nSPS) is 11.1. The van der Waals surface area contributed by atoms with Crippen LogP contribution in [0.2, 0.25) is 13.1 Å². The zero-order valence-corrected chi connectivity index (χ0v) is 27.3. The van der Waals surface area contributed by atoms with E-state index >= 15 is 0 Å². The molecule has 1 aromatic heterocycles. The zero-order valence-electron chi connectivity index (χ0n) is 26.3. The fourth-order valence-corrected chi connectivity index (χ4v) is 5.78. The second kappa shape index (κ2) is 18.4. The molecule has 0 saturated heterocycles. The van der Waals surface area contributed by atoms with E-state index in [1.54, 1.807) is 24.3 Å². The third-order valence-electron chi connectivity index (χ3n) is 7.14. The summed E-state index contributed by atoms with van der Waals surface area (Å²) in [6.07, 6.45) is 12.6. The maximum atomic E-state index is 12.8. The first kappa shape index (κ1) is 33.3. The van der Waals surface area contributed by atoms with Crippen molar-refractivity contribution in [1.29, 1.82) is 0 Å². The summed E-state index contributed by atoms with van der Waals surface area (Å²) >= 11 is 0. The predicted octanol–water partition coefficient (Wildman–Crippen LogP) is 8.59. The smallest absolute Gasteiger partial charge is 0.343 e. The molecule has 2 aromatic carbocycles. The van der Waals surface area contributed by atoms with Gasteiger partial charge in [0, 0.05) is 16.4 Å². The van der Waals surface area contributed by atoms with Crippen molar-refractivity contribution < 1.29 is 19.0 Å². The standard InChI is InChI=1S/C35H49N2O4Si/c1-6-9-12-13-14-15-26-39-29-21-19-28(20-22-29)35(38)41-30-23-17-27(18-24-30)32-36-33(40-25-11-8-3)31(16-10-7-2)34(37-32)42(4)5/h17-24H,6-16,25-26H2,1-5H3. The van der Waals surface area contributed by atoms with Crippen LogP contribution in [0, 0.1) is 0 Å². The molecule has 0 aliphatic heterocycles. The number of nitrogens with zero attached hydrogens (tertiary/aromatic N) is 2. The highest BCUT2D eigenvalue weighted by Crippen LogP contribution is 2.25. The largest absolute Gasteiger partial charge is 0.494 e. The van der Waals surface area contributed by atoms with Gasteiger partial charge >= 0.3 is 5.97 Å². The minimum atomic E-state index is -0.831. The van der Waals surface area contributed by atoms with E-state index in [-0.39, 0.29) is 0 Å². The molecule has 0 fully saturated rings. The Morgan fingerprint density at radius 3 is 1.98 bits per heavy atom. The third kappa shape index (κ3) is 10.6. The Bertz CT molecular complexity index is 1210. The number of carbonyl (C=O) groups excluding carboxylic acids is 1. The Balaban J connectivity index is 1.64. The van der Waals surface area contributed by atoms with Crippen LogP contribution in [0.1, 0.15) is 101 Å². The molecular formula is C35H49N2O4Si. The molecule has 227 valence electrons. The minimum Gasteiger partial charge on any atom is -0.494 e. The zero-order chi connectivity index (χ0) is 30.2. The SMILES string of the molecule is CCCCCCCCOc1ccc(C(=O)Oc2ccc(-c3nc(OCCCC)c(CCCC)c([Si](C)C)n3)cc2)cc1. The summed E-state index contributed by atoms with van der Waals surface area (Å²) in [4.78, 5) is 22.7. The third-order valence-corrected chi connectivity index (χ3v) is 8.50. The summed E-state index contributed by atoms with van der Waals surface area (Å²) in [5.41, 5.74) is 2.52. The van der Waals surface area contributed by atoms with Gasteiger partial charge in [-0.25, -0.2) is 9.78 Å². The molecule has 0 bridgehead atoms. The number of unbranched alkanes of at least 4 members (excludes halogenated alkanes) is 7. The van der Waals surface area contributed by atoms with E-state index in [4.69, 9.17) is 24.2 Å². The molecule has 42 heavy (non-hydrogen) atoms. The Morgan fingerprint density at radius 1 is 0.690 bits per heavy atom. The van der Waals surface area contributed by atoms with Crippen LogP contribution in [-0.4, -0.2) is 37.9 Å². The van der Waals surface area contributed by atoms with E-state index in [9.17, 15) is 4.79 Å². The van der Waals surface area contributed by atoms with Gasteiger partial charge < -0.3 is 14.2 Å². The van der Waals surface area contributed by atoms with Gasteiger partial charge in [0.25, 0.3) is 0 Å². The van der Waals surface area contributed by atoms with E-state index in [2.05, 4.69) is 33.9 Å². The highest BCUT2D eigenvalue weighted by molar-refractivity contribution is 6.70. The molecule has 0 amide bonds. The number of carbonyl (C=O) groups is 1. The molecule has 0 saturated carbocycles. The number of hydrogen-bond donors (Lipinski definition) is 0. The van der Waals surface area contributed by atoms with Crippen molar-refractivity contribution >= 4 is 20.1 Å². The molecule has 0 unspecified atom stereocenters. The van der Waals surface area contributed by atoms with Gasteiger partial charge in [0.15, 0.2) is 5.82 Å². The van der Waals surface area contributed by atoms with Crippen LogP contribution in [0.5, 0.6) is 17.4 Å². The molecule has 0 aliphatic carbocycles. The predicted molar refractivity (Wildman–Crippen MR) is 174 cm³/mol. The summed E-state index contributed by atoms with van der Waals surface area (Å²) in [5, 5.41) is 1.14. The molecule has 3 aromatic rings. The lowest BCUT2D eigenvalue weighted by Crippen LogP contribution is -2.32. The lowest BCUT2D eigenvalue weighted by atomic mass is 10.1. The number of rotatable bonds is 19. The summed E-state index contributed by atoms with van der Waals surface area (Å²) in [6.45, 7) is 12.5. The molecule has 1 heterocycles. The molecule has 1 radical (unpaired) electrons. The van der Waals surface area contributed by atoms with Crippen LogP contribution in [0.4, 0.5) is 0 Å². The molecule has 3 rings (SSSR count). The summed E-state index contributed by atoms with van der Waals surface area (Å²) in [5.74, 6) is 2.21. The fourth-order valence-electron chi connectivity index (χ4n) is 4.62. The topological polar surface area (TPSA) is 70.5 Å². The number of esters is 1. The van der Waals surface area contributed by atoms with Gasteiger partial charge in [-0.05, 0) is 74.2 Å². The van der Waals surface area contributed by atoms with Crippen molar-refractivity contribution in [2.45, 2.75) is 104 Å². The van der Waals surface area contributed by atoms with E-state index in [1.165, 1.54) is 37.7 Å². The Morgan fingerprint density at radius 2 is 1.31 bits per heavy atom. The van der Waals surface area contributed by atoms with Gasteiger partial charge in [0.05, 0.1) is 18.8 Å². The number of benzene rings is 2. The Labute approximate surface area is 254 Å². The first-order valence-electron chi connectivity index (χ1n) is 15.9. The molecular weight excluding hydrogens is 540 g/mol. The average Bonchev–Trinajstić information content (AvgIpc) is 3.00. The van der Waals surface area contributed by atoms with Gasteiger partial charge in [-0.1, -0.05) is 78.8 Å². The van der Waals surface area contributed by atoms with Crippen LogP contribution >= 0.6 is 0 Å². The number of hydrogen-bond acceptors (Lipinski definition) is 6. The molecule has 0 atom stereocenters. The summed E-state index contributed by atoms with van der Waals surface area (Å²) in [6, 6.07) is 14.5. The summed E-state index contributed by atoms with van der Waals surface area (Å²) < 4.78 is 17.7. The second-order valence-electron chi connectivity index (χ2n) is 11.0. The first-order chi connectivity index (χ1) is 20.5. The molecule has 6 nitrogen and oxygen atoms in total. The highest BCUT2D eigenvalue weighted by atomic mass is 28.3. The van der Waals surface area contributed by atoms with E-state index in [0.717, 1.165) is 61.0 Å². The molecule has 0 N–H and O–H groups in total. The van der Waals surface area contributed by atoms with Crippen molar-refractivity contribution in [3.05, 3.63) is 59.7 Å².